The Bertz CT molecular complexity index is 1910. The van der Waals surface area contributed by atoms with Gasteiger partial charge in [0, 0.05) is 23.3 Å². The number of fused-ring (bicyclic) bond motifs is 1. The number of esters is 2. The lowest BCUT2D eigenvalue weighted by Crippen LogP contribution is -2.40. The number of ether oxygens (including phenoxy) is 4. The van der Waals surface area contributed by atoms with Gasteiger partial charge < -0.3 is 23.4 Å². The summed E-state index contributed by atoms with van der Waals surface area (Å²) in [6.45, 7) is 5.62. The van der Waals surface area contributed by atoms with Gasteiger partial charge in [-0.2, -0.15) is 0 Å². The average molecular weight is 603 g/mol. The molecular formula is C32H30N2O8S. The molecule has 0 saturated carbocycles. The lowest BCUT2D eigenvalue weighted by atomic mass is 9.95. The monoisotopic (exact) mass is 602 g/mol. The standard InChI is InChI=1S/C32H30N2O8S/c1-6-40-30(36)20-10-8-9-19(15-20)24-14-12-22(42-24)17-26-29(35)34-28(23-13-11-21(38-4)16-25(23)39-5)27(31(37)41-7-2)18(3)33-32(34)43-26/h8-17,28H,6-7H2,1-5H3/b26-17-/t28-/m0/s1. The van der Waals surface area contributed by atoms with Crippen molar-refractivity contribution < 1.29 is 33.0 Å². The van der Waals surface area contributed by atoms with E-state index in [0.717, 1.165) is 0 Å². The highest BCUT2D eigenvalue weighted by atomic mass is 32.1. The Hall–Kier alpha value is -4.90. The zero-order chi connectivity index (χ0) is 30.7. The number of aromatic nitrogens is 1. The first kappa shape index (κ1) is 29.6. The molecule has 0 aliphatic carbocycles. The summed E-state index contributed by atoms with van der Waals surface area (Å²) >= 11 is 1.18. The number of carbonyl (C=O) groups is 2. The molecule has 0 saturated heterocycles. The number of benzene rings is 2. The normalized spacial score (nSPS) is 14.6. The third kappa shape index (κ3) is 5.76. The Morgan fingerprint density at radius 1 is 1.00 bits per heavy atom. The van der Waals surface area contributed by atoms with Crippen molar-refractivity contribution in [3.8, 4) is 22.8 Å². The quantitative estimate of drug-likeness (QED) is 0.261. The number of carbonyl (C=O) groups excluding carboxylic acids is 2. The smallest absolute Gasteiger partial charge is 0.338 e. The van der Waals surface area contributed by atoms with Crippen LogP contribution in [0.15, 0.2) is 80.1 Å². The molecule has 0 unspecified atom stereocenters. The second kappa shape index (κ2) is 12.5. The molecule has 1 aliphatic rings. The van der Waals surface area contributed by atoms with Gasteiger partial charge in [0.2, 0.25) is 0 Å². The number of methoxy groups -OCH3 is 2. The van der Waals surface area contributed by atoms with Gasteiger partial charge in [0.05, 0.1) is 48.8 Å². The van der Waals surface area contributed by atoms with E-state index in [-0.39, 0.29) is 24.3 Å². The van der Waals surface area contributed by atoms with E-state index in [1.165, 1.54) is 23.0 Å². The highest BCUT2D eigenvalue weighted by Gasteiger charge is 2.35. The summed E-state index contributed by atoms with van der Waals surface area (Å²) in [5, 5.41) is 0. The lowest BCUT2D eigenvalue weighted by molar-refractivity contribution is -0.139. The minimum Gasteiger partial charge on any atom is -0.497 e. The van der Waals surface area contributed by atoms with E-state index in [4.69, 9.17) is 23.4 Å². The predicted octanol–water partition coefficient (Wildman–Crippen LogP) is 4.25. The molecule has 43 heavy (non-hydrogen) atoms. The Morgan fingerprint density at radius 3 is 2.49 bits per heavy atom. The number of hydrogen-bond acceptors (Lipinski definition) is 10. The largest absolute Gasteiger partial charge is 0.497 e. The van der Waals surface area contributed by atoms with Crippen LogP contribution in [0.4, 0.5) is 0 Å². The third-order valence-electron chi connectivity index (χ3n) is 6.81. The van der Waals surface area contributed by atoms with E-state index in [1.807, 2.05) is 6.07 Å². The van der Waals surface area contributed by atoms with Crippen LogP contribution in [0.2, 0.25) is 0 Å². The first-order chi connectivity index (χ1) is 20.8. The molecule has 11 heteroatoms. The van der Waals surface area contributed by atoms with Crippen LogP contribution < -0.4 is 24.4 Å². The molecule has 3 heterocycles. The maximum absolute atomic E-state index is 14.0. The molecule has 0 fully saturated rings. The van der Waals surface area contributed by atoms with Gasteiger partial charge in [-0.15, -0.1) is 0 Å². The van der Waals surface area contributed by atoms with E-state index in [1.54, 1.807) is 82.5 Å². The summed E-state index contributed by atoms with van der Waals surface area (Å²) in [7, 11) is 3.06. The van der Waals surface area contributed by atoms with Gasteiger partial charge in [0.15, 0.2) is 4.80 Å². The SMILES string of the molecule is CCOC(=O)C1=C(C)N=c2s/c(=C\c3ccc(-c4cccc(C(=O)OCC)c4)o3)c(=O)n2[C@H]1c1ccc(OC)cc1OC. The Morgan fingerprint density at radius 2 is 1.77 bits per heavy atom. The molecule has 4 aromatic rings. The number of rotatable bonds is 9. The molecule has 10 nitrogen and oxygen atoms in total. The van der Waals surface area contributed by atoms with Crippen molar-refractivity contribution in [3.05, 3.63) is 102 Å². The Kier molecular flexibility index (Phi) is 8.63. The van der Waals surface area contributed by atoms with Gasteiger partial charge >= 0.3 is 11.9 Å². The molecule has 1 aliphatic heterocycles. The fourth-order valence-electron chi connectivity index (χ4n) is 4.86. The molecule has 0 amide bonds. The second-order valence-corrected chi connectivity index (χ2v) is 10.4. The predicted molar refractivity (Wildman–Crippen MR) is 160 cm³/mol. The van der Waals surface area contributed by atoms with Crippen LogP contribution in [0.3, 0.4) is 0 Å². The van der Waals surface area contributed by atoms with Crippen molar-refractivity contribution in [2.24, 2.45) is 4.99 Å². The molecular weight excluding hydrogens is 572 g/mol. The van der Waals surface area contributed by atoms with Gasteiger partial charge in [0.25, 0.3) is 5.56 Å². The highest BCUT2D eigenvalue weighted by molar-refractivity contribution is 7.07. The topological polar surface area (TPSA) is 119 Å². The molecule has 0 spiro atoms. The van der Waals surface area contributed by atoms with Gasteiger partial charge in [-0.25, -0.2) is 14.6 Å². The Labute approximate surface area is 251 Å². The van der Waals surface area contributed by atoms with Gasteiger partial charge in [-0.3, -0.25) is 9.36 Å². The summed E-state index contributed by atoms with van der Waals surface area (Å²) in [6.07, 6.45) is 1.63. The van der Waals surface area contributed by atoms with Crippen LogP contribution in [0, 0.1) is 0 Å². The molecule has 0 radical (unpaired) electrons. The molecule has 222 valence electrons. The van der Waals surface area contributed by atoms with Crippen LogP contribution in [-0.2, 0) is 14.3 Å². The molecule has 0 N–H and O–H groups in total. The maximum atomic E-state index is 14.0. The van der Waals surface area contributed by atoms with Crippen molar-refractivity contribution in [3.63, 3.8) is 0 Å². The Balaban J connectivity index is 1.61. The van der Waals surface area contributed by atoms with Crippen molar-refractivity contribution >= 4 is 29.4 Å². The van der Waals surface area contributed by atoms with Gasteiger partial charge in [-0.1, -0.05) is 23.5 Å². The number of nitrogens with zero attached hydrogens (tertiary/aromatic N) is 2. The zero-order valence-electron chi connectivity index (χ0n) is 24.3. The number of furan rings is 1. The van der Waals surface area contributed by atoms with Crippen molar-refractivity contribution in [1.29, 1.82) is 0 Å². The molecule has 2 aromatic carbocycles. The first-order valence-corrected chi connectivity index (χ1v) is 14.4. The van der Waals surface area contributed by atoms with Crippen molar-refractivity contribution in [1.82, 2.24) is 4.57 Å². The first-order valence-electron chi connectivity index (χ1n) is 13.6. The van der Waals surface area contributed by atoms with Crippen molar-refractivity contribution in [2.45, 2.75) is 26.8 Å². The maximum Gasteiger partial charge on any atom is 0.338 e. The third-order valence-corrected chi connectivity index (χ3v) is 7.79. The van der Waals surface area contributed by atoms with Gasteiger partial charge in [0.1, 0.15) is 29.1 Å². The van der Waals surface area contributed by atoms with E-state index in [2.05, 4.69) is 4.99 Å². The van der Waals surface area contributed by atoms with E-state index in [0.29, 0.717) is 54.7 Å². The summed E-state index contributed by atoms with van der Waals surface area (Å²) < 4.78 is 29.4. The lowest BCUT2D eigenvalue weighted by Gasteiger charge is -2.26. The minimum atomic E-state index is -0.851. The van der Waals surface area contributed by atoms with Crippen LogP contribution in [-0.4, -0.2) is 43.9 Å². The summed E-state index contributed by atoms with van der Waals surface area (Å²) in [6, 6.07) is 14.8. The van der Waals surface area contributed by atoms with E-state index >= 15 is 0 Å². The summed E-state index contributed by atoms with van der Waals surface area (Å²) in [5.74, 6) is 0.969. The minimum absolute atomic E-state index is 0.163. The van der Waals surface area contributed by atoms with Gasteiger partial charge in [-0.05, 0) is 57.2 Å². The summed E-state index contributed by atoms with van der Waals surface area (Å²) in [4.78, 5) is 44.4. The van der Waals surface area contributed by atoms with Crippen LogP contribution in [0.25, 0.3) is 17.4 Å². The molecule has 1 atom stereocenters. The fraction of sp³-hybridized carbons (Fsp3) is 0.250. The summed E-state index contributed by atoms with van der Waals surface area (Å²) in [5.41, 5.74) is 2.00. The molecule has 2 aromatic heterocycles. The highest BCUT2D eigenvalue weighted by Crippen LogP contribution is 2.37. The average Bonchev–Trinajstić information content (AvgIpc) is 3.60. The van der Waals surface area contributed by atoms with Crippen LogP contribution in [0.1, 0.15) is 48.5 Å². The zero-order valence-corrected chi connectivity index (χ0v) is 25.2. The van der Waals surface area contributed by atoms with E-state index in [9.17, 15) is 14.4 Å². The van der Waals surface area contributed by atoms with Crippen molar-refractivity contribution in [2.75, 3.05) is 27.4 Å². The van der Waals surface area contributed by atoms with Crippen LogP contribution in [0.5, 0.6) is 11.5 Å². The number of thiazole rings is 1. The number of allylic oxidation sites excluding steroid dienone is 1. The molecule has 0 bridgehead atoms. The van der Waals surface area contributed by atoms with Crippen LogP contribution >= 0.6 is 11.3 Å². The number of hydrogen-bond donors (Lipinski definition) is 0. The second-order valence-electron chi connectivity index (χ2n) is 9.41. The fourth-order valence-corrected chi connectivity index (χ4v) is 5.89. The van der Waals surface area contributed by atoms with E-state index < -0.39 is 18.0 Å². The molecule has 5 rings (SSSR count).